The first-order chi connectivity index (χ1) is 12.1. The predicted octanol–water partition coefficient (Wildman–Crippen LogP) is 3.86. The van der Waals surface area contributed by atoms with Gasteiger partial charge in [-0.05, 0) is 18.9 Å². The molecule has 0 unspecified atom stereocenters. The monoisotopic (exact) mass is 352 g/mol. The van der Waals surface area contributed by atoms with Crippen LogP contribution in [0.2, 0.25) is 0 Å². The van der Waals surface area contributed by atoms with E-state index >= 15 is 0 Å². The standard InChI is InChI=1S/C21H36O4/c1-2-3-4-5-6-7-8-9-10-11-12-13-14-15-16-17-20(24)21(25,18-22)19-23/h12-17,22-23,25H,2-11,18-19H2,1H3. The fourth-order valence-electron chi connectivity index (χ4n) is 2.38. The highest BCUT2D eigenvalue weighted by atomic mass is 16.4. The zero-order valence-corrected chi connectivity index (χ0v) is 15.7. The summed E-state index contributed by atoms with van der Waals surface area (Å²) in [5.41, 5.74) is -2.09. The molecule has 0 radical (unpaired) electrons. The lowest BCUT2D eigenvalue weighted by Gasteiger charge is -2.18. The van der Waals surface area contributed by atoms with Crippen molar-refractivity contribution >= 4 is 5.78 Å². The number of carbonyl (C=O) groups excluding carboxylic acids is 1. The largest absolute Gasteiger partial charge is 0.393 e. The van der Waals surface area contributed by atoms with Crippen molar-refractivity contribution in [3.05, 3.63) is 36.5 Å². The molecule has 0 aliphatic carbocycles. The Hall–Kier alpha value is -1.23. The zero-order valence-electron chi connectivity index (χ0n) is 15.7. The van der Waals surface area contributed by atoms with E-state index in [1.807, 2.05) is 12.2 Å². The van der Waals surface area contributed by atoms with E-state index in [4.69, 9.17) is 10.2 Å². The highest BCUT2D eigenvalue weighted by Crippen LogP contribution is 2.10. The van der Waals surface area contributed by atoms with Gasteiger partial charge >= 0.3 is 0 Å². The number of allylic oxidation sites excluding steroid dienone is 5. The minimum Gasteiger partial charge on any atom is -0.393 e. The molecule has 4 nitrogen and oxygen atoms in total. The van der Waals surface area contributed by atoms with Gasteiger partial charge in [0.1, 0.15) is 0 Å². The van der Waals surface area contributed by atoms with Gasteiger partial charge in [0.05, 0.1) is 13.2 Å². The molecule has 0 aromatic carbocycles. The van der Waals surface area contributed by atoms with Crippen molar-refractivity contribution in [2.45, 2.75) is 76.7 Å². The van der Waals surface area contributed by atoms with Crippen LogP contribution in [-0.4, -0.2) is 39.9 Å². The summed E-state index contributed by atoms with van der Waals surface area (Å²) in [5, 5.41) is 27.3. The Morgan fingerprint density at radius 3 is 1.88 bits per heavy atom. The second-order valence-corrected chi connectivity index (χ2v) is 6.50. The Labute approximate surface area is 153 Å². The highest BCUT2D eigenvalue weighted by Gasteiger charge is 2.32. The maximum atomic E-state index is 11.6. The van der Waals surface area contributed by atoms with Crippen LogP contribution < -0.4 is 0 Å². The molecule has 0 saturated carbocycles. The van der Waals surface area contributed by atoms with E-state index in [0.717, 1.165) is 12.5 Å². The summed E-state index contributed by atoms with van der Waals surface area (Å²) >= 11 is 0. The smallest absolute Gasteiger partial charge is 0.191 e. The molecule has 0 rings (SSSR count). The Kier molecular flexibility index (Phi) is 15.5. The lowest BCUT2D eigenvalue weighted by Crippen LogP contribution is -2.45. The molecule has 144 valence electrons. The van der Waals surface area contributed by atoms with E-state index in [-0.39, 0.29) is 0 Å². The fourth-order valence-corrected chi connectivity index (χ4v) is 2.38. The van der Waals surface area contributed by atoms with Crippen LogP contribution in [-0.2, 0) is 4.79 Å². The predicted molar refractivity (Wildman–Crippen MR) is 103 cm³/mol. The molecular weight excluding hydrogens is 316 g/mol. The molecule has 0 fully saturated rings. The number of hydrogen-bond acceptors (Lipinski definition) is 4. The van der Waals surface area contributed by atoms with Crippen LogP contribution in [0.3, 0.4) is 0 Å². The summed E-state index contributed by atoms with van der Waals surface area (Å²) < 4.78 is 0. The molecule has 0 amide bonds. The average molecular weight is 353 g/mol. The molecule has 0 spiro atoms. The third-order valence-electron chi connectivity index (χ3n) is 4.17. The SMILES string of the molecule is CCCCCCCCCCCC=CC=CC=CC(=O)C(O)(CO)CO. The highest BCUT2D eigenvalue weighted by molar-refractivity contribution is 5.97. The van der Waals surface area contributed by atoms with Crippen LogP contribution in [0.25, 0.3) is 0 Å². The Morgan fingerprint density at radius 1 is 0.800 bits per heavy atom. The summed E-state index contributed by atoms with van der Waals surface area (Å²) in [7, 11) is 0. The number of unbranched alkanes of at least 4 members (excludes halogenated alkanes) is 9. The van der Waals surface area contributed by atoms with Crippen molar-refractivity contribution in [2.75, 3.05) is 13.2 Å². The minimum absolute atomic E-state index is 0.708. The van der Waals surface area contributed by atoms with Crippen molar-refractivity contribution in [1.29, 1.82) is 0 Å². The first-order valence-corrected chi connectivity index (χ1v) is 9.59. The number of ketones is 1. The van der Waals surface area contributed by atoms with Gasteiger partial charge in [0, 0.05) is 0 Å². The molecule has 0 heterocycles. The topological polar surface area (TPSA) is 77.8 Å². The van der Waals surface area contributed by atoms with Gasteiger partial charge < -0.3 is 15.3 Å². The van der Waals surface area contributed by atoms with Crippen molar-refractivity contribution < 1.29 is 20.1 Å². The third-order valence-corrected chi connectivity index (χ3v) is 4.17. The summed E-state index contributed by atoms with van der Waals surface area (Å²) in [6.07, 6.45) is 23.2. The van der Waals surface area contributed by atoms with Crippen LogP contribution in [0.5, 0.6) is 0 Å². The van der Waals surface area contributed by atoms with Crippen molar-refractivity contribution in [1.82, 2.24) is 0 Å². The van der Waals surface area contributed by atoms with Crippen LogP contribution in [0.1, 0.15) is 71.1 Å². The van der Waals surface area contributed by atoms with E-state index in [1.54, 1.807) is 6.08 Å². The number of aliphatic hydroxyl groups excluding tert-OH is 2. The molecule has 0 aliphatic heterocycles. The summed E-state index contributed by atoms with van der Waals surface area (Å²) in [4.78, 5) is 11.6. The Bertz CT molecular complexity index is 406. The van der Waals surface area contributed by atoms with Crippen LogP contribution in [0.4, 0.5) is 0 Å². The first-order valence-electron chi connectivity index (χ1n) is 9.59. The molecule has 4 heteroatoms. The van der Waals surface area contributed by atoms with Gasteiger partial charge in [-0.15, -0.1) is 0 Å². The van der Waals surface area contributed by atoms with E-state index in [2.05, 4.69) is 13.0 Å². The van der Waals surface area contributed by atoms with E-state index in [0.29, 0.717) is 0 Å². The second kappa shape index (κ2) is 16.2. The molecule has 3 N–H and O–H groups in total. The van der Waals surface area contributed by atoms with Gasteiger partial charge in [-0.1, -0.05) is 88.7 Å². The summed E-state index contributed by atoms with van der Waals surface area (Å²) in [6.45, 7) is 0.649. The number of hydrogen-bond donors (Lipinski definition) is 3. The lowest BCUT2D eigenvalue weighted by molar-refractivity contribution is -0.141. The molecule has 25 heavy (non-hydrogen) atoms. The molecule has 0 aliphatic rings. The quantitative estimate of drug-likeness (QED) is 0.224. The number of carbonyl (C=O) groups is 1. The fraction of sp³-hybridized carbons (Fsp3) is 0.667. The van der Waals surface area contributed by atoms with Crippen LogP contribution in [0, 0.1) is 0 Å². The first kappa shape index (κ1) is 23.8. The number of aliphatic hydroxyl groups is 3. The van der Waals surface area contributed by atoms with E-state index < -0.39 is 24.6 Å². The Morgan fingerprint density at radius 2 is 1.32 bits per heavy atom. The van der Waals surface area contributed by atoms with E-state index in [1.165, 1.54) is 63.9 Å². The Balaban J connectivity index is 3.67. The molecule has 0 atom stereocenters. The molecule has 0 saturated heterocycles. The van der Waals surface area contributed by atoms with Gasteiger partial charge in [-0.2, -0.15) is 0 Å². The third kappa shape index (κ3) is 12.7. The molecule has 0 aromatic heterocycles. The van der Waals surface area contributed by atoms with Gasteiger partial charge in [-0.25, -0.2) is 0 Å². The summed E-state index contributed by atoms with van der Waals surface area (Å²) in [5.74, 6) is -0.708. The van der Waals surface area contributed by atoms with E-state index in [9.17, 15) is 9.90 Å². The molecule has 0 aromatic rings. The minimum atomic E-state index is -2.09. The maximum absolute atomic E-state index is 11.6. The molecule has 0 bridgehead atoms. The number of rotatable bonds is 16. The summed E-state index contributed by atoms with van der Waals surface area (Å²) in [6, 6.07) is 0. The van der Waals surface area contributed by atoms with Gasteiger partial charge in [0.15, 0.2) is 11.4 Å². The van der Waals surface area contributed by atoms with Gasteiger partial charge in [0.2, 0.25) is 0 Å². The normalized spacial score (nSPS) is 12.8. The van der Waals surface area contributed by atoms with Crippen molar-refractivity contribution in [3.8, 4) is 0 Å². The van der Waals surface area contributed by atoms with Crippen LogP contribution in [0.15, 0.2) is 36.5 Å². The van der Waals surface area contributed by atoms with Gasteiger partial charge in [0.25, 0.3) is 0 Å². The molecular formula is C21H36O4. The van der Waals surface area contributed by atoms with Gasteiger partial charge in [-0.3, -0.25) is 4.79 Å². The average Bonchev–Trinajstić information content (AvgIpc) is 2.63. The lowest BCUT2D eigenvalue weighted by atomic mass is 10.0. The second-order valence-electron chi connectivity index (χ2n) is 6.50. The maximum Gasteiger partial charge on any atom is 0.191 e. The van der Waals surface area contributed by atoms with Crippen molar-refractivity contribution in [3.63, 3.8) is 0 Å². The zero-order chi connectivity index (χ0) is 18.8. The van der Waals surface area contributed by atoms with Crippen molar-refractivity contribution in [2.24, 2.45) is 0 Å². The van der Waals surface area contributed by atoms with Crippen LogP contribution >= 0.6 is 0 Å².